The van der Waals surface area contributed by atoms with Gasteiger partial charge in [-0.1, -0.05) is 38.1 Å². The van der Waals surface area contributed by atoms with Crippen LogP contribution < -0.4 is 4.72 Å². The summed E-state index contributed by atoms with van der Waals surface area (Å²) in [5.74, 6) is -0.869. The molecule has 6 heteroatoms. The smallest absolute Gasteiger partial charge is 0.338 e. The van der Waals surface area contributed by atoms with Crippen LogP contribution in [0.4, 0.5) is 5.69 Å². The highest BCUT2D eigenvalue weighted by Crippen LogP contribution is 2.24. The molecule has 0 fully saturated rings. The summed E-state index contributed by atoms with van der Waals surface area (Å²) in [5.41, 5.74) is 1.54. The fraction of sp³-hybridized carbons (Fsp3) is 0.235. The van der Waals surface area contributed by atoms with Gasteiger partial charge in [-0.15, -0.1) is 0 Å². The Kier molecular flexibility index (Phi) is 4.75. The van der Waals surface area contributed by atoms with Gasteiger partial charge >= 0.3 is 5.97 Å². The van der Waals surface area contributed by atoms with Crippen LogP contribution in [0, 0.1) is 6.92 Å². The Morgan fingerprint density at radius 1 is 1.09 bits per heavy atom. The minimum absolute atomic E-state index is 0.0464. The summed E-state index contributed by atoms with van der Waals surface area (Å²) >= 11 is 0. The highest BCUT2D eigenvalue weighted by Gasteiger charge is 2.19. The molecule has 2 rings (SSSR count). The average Bonchev–Trinajstić information content (AvgIpc) is 2.46. The number of sulfonamides is 1. The highest BCUT2D eigenvalue weighted by atomic mass is 32.2. The number of aromatic carboxylic acids is 1. The number of carboxylic acids is 1. The van der Waals surface area contributed by atoms with Crippen LogP contribution in [-0.4, -0.2) is 19.5 Å². The van der Waals surface area contributed by atoms with Crippen molar-refractivity contribution < 1.29 is 18.3 Å². The van der Waals surface area contributed by atoms with Crippen LogP contribution >= 0.6 is 0 Å². The van der Waals surface area contributed by atoms with Crippen molar-refractivity contribution in [2.45, 2.75) is 31.6 Å². The lowest BCUT2D eigenvalue weighted by molar-refractivity contribution is 0.0697. The fourth-order valence-corrected chi connectivity index (χ4v) is 3.34. The first-order chi connectivity index (χ1) is 10.7. The van der Waals surface area contributed by atoms with E-state index in [0.717, 1.165) is 5.56 Å². The molecule has 0 atom stereocenters. The topological polar surface area (TPSA) is 83.5 Å². The average molecular weight is 333 g/mol. The van der Waals surface area contributed by atoms with Gasteiger partial charge in [0.2, 0.25) is 0 Å². The van der Waals surface area contributed by atoms with Crippen LogP contribution in [0.25, 0.3) is 0 Å². The van der Waals surface area contributed by atoms with Crippen molar-refractivity contribution in [3.05, 3.63) is 59.2 Å². The Balaban J connectivity index is 2.39. The number of benzene rings is 2. The lowest BCUT2D eigenvalue weighted by atomic mass is 10.0. The van der Waals surface area contributed by atoms with Crippen LogP contribution in [0.15, 0.2) is 47.4 Å². The molecule has 0 aromatic heterocycles. The Labute approximate surface area is 136 Å². The molecule has 0 aliphatic carbocycles. The van der Waals surface area contributed by atoms with Crippen molar-refractivity contribution in [1.82, 2.24) is 0 Å². The molecule has 0 aliphatic rings. The number of aryl methyl sites for hydroxylation is 1. The number of anilines is 1. The molecule has 0 bridgehead atoms. The van der Waals surface area contributed by atoms with Crippen LogP contribution in [-0.2, 0) is 10.0 Å². The number of rotatable bonds is 5. The molecule has 0 saturated carbocycles. The van der Waals surface area contributed by atoms with E-state index in [2.05, 4.69) is 4.72 Å². The van der Waals surface area contributed by atoms with Crippen molar-refractivity contribution in [2.75, 3.05) is 4.72 Å². The van der Waals surface area contributed by atoms with Gasteiger partial charge in [0, 0.05) is 0 Å². The highest BCUT2D eigenvalue weighted by molar-refractivity contribution is 7.92. The van der Waals surface area contributed by atoms with Crippen molar-refractivity contribution in [3.63, 3.8) is 0 Å². The number of hydrogen-bond acceptors (Lipinski definition) is 3. The molecular formula is C17H19NO4S. The zero-order valence-corrected chi connectivity index (χ0v) is 14.0. The molecule has 0 radical (unpaired) electrons. The van der Waals surface area contributed by atoms with Gasteiger partial charge in [0.1, 0.15) is 0 Å². The monoisotopic (exact) mass is 333 g/mol. The van der Waals surface area contributed by atoms with Gasteiger partial charge in [-0.25, -0.2) is 13.2 Å². The molecule has 0 spiro atoms. The van der Waals surface area contributed by atoms with Crippen LogP contribution in [0.2, 0.25) is 0 Å². The summed E-state index contributed by atoms with van der Waals surface area (Å²) in [5, 5.41) is 9.28. The Bertz CT molecular complexity index is 824. The zero-order valence-electron chi connectivity index (χ0n) is 13.2. The van der Waals surface area contributed by atoms with Crippen molar-refractivity contribution in [1.29, 1.82) is 0 Å². The minimum Gasteiger partial charge on any atom is -0.478 e. The second-order valence-electron chi connectivity index (χ2n) is 5.63. The van der Waals surface area contributed by atoms with E-state index >= 15 is 0 Å². The first-order valence-electron chi connectivity index (χ1n) is 7.18. The summed E-state index contributed by atoms with van der Waals surface area (Å²) in [6.45, 7) is 5.67. The maximum Gasteiger partial charge on any atom is 0.338 e. The van der Waals surface area contributed by atoms with Crippen molar-refractivity contribution >= 4 is 21.7 Å². The molecule has 5 nitrogen and oxygen atoms in total. The molecule has 2 N–H and O–H groups in total. The predicted octanol–water partition coefficient (Wildman–Crippen LogP) is 3.62. The van der Waals surface area contributed by atoms with Crippen molar-refractivity contribution in [2.24, 2.45) is 0 Å². The van der Waals surface area contributed by atoms with E-state index in [-0.39, 0.29) is 16.1 Å². The number of nitrogens with one attached hydrogen (secondary N) is 1. The summed E-state index contributed by atoms with van der Waals surface area (Å²) < 4.78 is 27.3. The Hall–Kier alpha value is -2.34. The van der Waals surface area contributed by atoms with E-state index in [1.165, 1.54) is 18.2 Å². The number of carbonyl (C=O) groups is 1. The largest absolute Gasteiger partial charge is 0.478 e. The van der Waals surface area contributed by atoms with Crippen LogP contribution in [0.1, 0.15) is 41.3 Å². The second-order valence-corrected chi connectivity index (χ2v) is 7.31. The van der Waals surface area contributed by atoms with Gasteiger partial charge in [-0.05, 0) is 42.2 Å². The first-order valence-corrected chi connectivity index (χ1v) is 8.66. The van der Waals surface area contributed by atoms with Gasteiger partial charge in [-0.2, -0.15) is 0 Å². The molecule has 2 aromatic rings. The molecule has 0 aliphatic heterocycles. The van der Waals surface area contributed by atoms with E-state index in [1.807, 2.05) is 13.8 Å². The quantitative estimate of drug-likeness (QED) is 0.875. The summed E-state index contributed by atoms with van der Waals surface area (Å²) in [4.78, 5) is 11.4. The van der Waals surface area contributed by atoms with Crippen LogP contribution in [0.5, 0.6) is 0 Å². The van der Waals surface area contributed by atoms with Crippen LogP contribution in [0.3, 0.4) is 0 Å². The second kappa shape index (κ2) is 6.42. The third-order valence-electron chi connectivity index (χ3n) is 3.59. The molecule has 122 valence electrons. The van der Waals surface area contributed by atoms with E-state index < -0.39 is 16.0 Å². The van der Waals surface area contributed by atoms with Gasteiger partial charge in [-0.3, -0.25) is 4.72 Å². The van der Waals surface area contributed by atoms with E-state index in [0.29, 0.717) is 11.5 Å². The van der Waals surface area contributed by atoms with Gasteiger partial charge < -0.3 is 5.11 Å². The molecule has 0 saturated heterocycles. The molecular weight excluding hydrogens is 314 g/mol. The lowest BCUT2D eigenvalue weighted by Gasteiger charge is -2.13. The van der Waals surface area contributed by atoms with E-state index in [4.69, 9.17) is 0 Å². The van der Waals surface area contributed by atoms with Gasteiger partial charge in [0.25, 0.3) is 10.0 Å². The van der Waals surface area contributed by atoms with Crippen molar-refractivity contribution in [3.8, 4) is 0 Å². The molecule has 0 heterocycles. The minimum atomic E-state index is -3.84. The normalized spacial score (nSPS) is 11.5. The summed E-state index contributed by atoms with van der Waals surface area (Å²) in [6.07, 6.45) is 0. The predicted molar refractivity (Wildman–Crippen MR) is 89.5 cm³/mol. The van der Waals surface area contributed by atoms with E-state index in [1.54, 1.807) is 31.2 Å². The van der Waals surface area contributed by atoms with Gasteiger partial charge in [0.05, 0.1) is 16.1 Å². The number of carboxylic acid groups (broad SMARTS) is 1. The summed E-state index contributed by atoms with van der Waals surface area (Å²) in [6, 6.07) is 11.2. The van der Waals surface area contributed by atoms with Gasteiger partial charge in [0.15, 0.2) is 0 Å². The maximum absolute atomic E-state index is 12.5. The lowest BCUT2D eigenvalue weighted by Crippen LogP contribution is -2.16. The maximum atomic E-state index is 12.5. The Morgan fingerprint density at radius 3 is 2.22 bits per heavy atom. The zero-order chi connectivity index (χ0) is 17.2. The molecule has 23 heavy (non-hydrogen) atoms. The fourth-order valence-electron chi connectivity index (χ4n) is 2.27. The van der Waals surface area contributed by atoms with E-state index in [9.17, 15) is 18.3 Å². The third-order valence-corrected chi connectivity index (χ3v) is 4.97. The number of hydrogen-bond donors (Lipinski definition) is 2. The molecule has 0 amide bonds. The standard InChI is InChI=1S/C17H19NO4S/c1-11(2)13-7-9-14(10-8-13)23(21,22)18-15-6-4-5-12(3)16(15)17(19)20/h4-11,18H,1-3H3,(H,19,20). The Morgan fingerprint density at radius 2 is 1.70 bits per heavy atom. The summed E-state index contributed by atoms with van der Waals surface area (Å²) in [7, 11) is -3.84. The third kappa shape index (κ3) is 3.71. The molecule has 0 unspecified atom stereocenters. The first kappa shape index (κ1) is 17.0. The SMILES string of the molecule is Cc1cccc(NS(=O)(=O)c2ccc(C(C)C)cc2)c1C(=O)O. The molecule has 2 aromatic carbocycles.